The molecule has 7 nitrogen and oxygen atoms in total. The highest BCUT2D eigenvalue weighted by atomic mass is 15.5. The van der Waals surface area contributed by atoms with Gasteiger partial charge in [-0.1, -0.05) is 13.8 Å². The van der Waals surface area contributed by atoms with Crippen LogP contribution in [0.3, 0.4) is 0 Å². The van der Waals surface area contributed by atoms with Crippen molar-refractivity contribution in [3.05, 3.63) is 0 Å². The fourth-order valence-electron chi connectivity index (χ4n) is 0.983. The molecule has 0 aliphatic rings. The summed E-state index contributed by atoms with van der Waals surface area (Å²) in [6.07, 6.45) is 0. The van der Waals surface area contributed by atoms with Crippen molar-refractivity contribution in [1.82, 2.24) is 20.0 Å². The van der Waals surface area contributed by atoms with E-state index in [1.807, 2.05) is 18.9 Å². The van der Waals surface area contributed by atoms with Crippen molar-refractivity contribution >= 4 is 17.8 Å². The van der Waals surface area contributed by atoms with E-state index in [4.69, 9.17) is 11.5 Å². The Morgan fingerprint density at radius 1 is 1.07 bits per heavy atom. The molecule has 0 atom stereocenters. The molecular formula is C7H15N7. The lowest BCUT2D eigenvalue weighted by atomic mass is 10.6. The Hall–Kier alpha value is -1.63. The largest absolute Gasteiger partial charge is 0.368 e. The van der Waals surface area contributed by atoms with Gasteiger partial charge in [0.05, 0.1) is 0 Å². The predicted molar refractivity (Wildman–Crippen MR) is 55.2 cm³/mol. The number of hydrogen-bond acceptors (Lipinski definition) is 7. The summed E-state index contributed by atoms with van der Waals surface area (Å²) in [5.74, 6) is 0.609. The number of aromatic nitrogens is 3. The zero-order chi connectivity index (χ0) is 10.6. The molecule has 1 aromatic rings. The minimum atomic E-state index is 0.118. The monoisotopic (exact) mass is 197 g/mol. The van der Waals surface area contributed by atoms with Gasteiger partial charge in [0, 0.05) is 13.1 Å². The van der Waals surface area contributed by atoms with Crippen molar-refractivity contribution in [3.8, 4) is 0 Å². The second-order valence-corrected chi connectivity index (χ2v) is 2.66. The number of hydrogen-bond donors (Lipinski definition) is 3. The zero-order valence-corrected chi connectivity index (χ0v) is 8.36. The Morgan fingerprint density at radius 2 is 1.57 bits per heavy atom. The van der Waals surface area contributed by atoms with E-state index < -0.39 is 0 Å². The topological polar surface area (TPSA) is 106 Å². The SMILES string of the molecule is CCN(CC)Nc1nc(N)nc(N)n1. The van der Waals surface area contributed by atoms with E-state index >= 15 is 0 Å². The second-order valence-electron chi connectivity index (χ2n) is 2.66. The number of nitrogen functional groups attached to an aromatic ring is 2. The first-order valence-electron chi connectivity index (χ1n) is 4.44. The highest BCUT2D eigenvalue weighted by Gasteiger charge is 2.04. The first-order valence-corrected chi connectivity index (χ1v) is 4.44. The smallest absolute Gasteiger partial charge is 0.244 e. The number of nitrogens with one attached hydrogen (secondary N) is 1. The minimum absolute atomic E-state index is 0.118. The van der Waals surface area contributed by atoms with E-state index in [2.05, 4.69) is 20.4 Å². The number of nitrogens with zero attached hydrogens (tertiary/aromatic N) is 4. The van der Waals surface area contributed by atoms with Gasteiger partial charge in [0.2, 0.25) is 17.8 Å². The van der Waals surface area contributed by atoms with Crippen molar-refractivity contribution in [2.75, 3.05) is 30.0 Å². The van der Waals surface area contributed by atoms with Gasteiger partial charge in [-0.05, 0) is 0 Å². The molecule has 0 saturated carbocycles. The lowest BCUT2D eigenvalue weighted by Gasteiger charge is -2.18. The lowest BCUT2D eigenvalue weighted by Crippen LogP contribution is -2.30. The predicted octanol–water partition coefficient (Wildman–Crippen LogP) is -0.295. The molecule has 0 amide bonds. The van der Waals surface area contributed by atoms with Crippen molar-refractivity contribution in [2.24, 2.45) is 0 Å². The maximum absolute atomic E-state index is 5.42. The maximum atomic E-state index is 5.42. The van der Waals surface area contributed by atoms with Crippen LogP contribution >= 0.6 is 0 Å². The molecular weight excluding hydrogens is 182 g/mol. The molecule has 0 saturated heterocycles. The summed E-state index contributed by atoms with van der Waals surface area (Å²) in [6, 6.07) is 0. The van der Waals surface area contributed by atoms with Gasteiger partial charge in [-0.25, -0.2) is 5.01 Å². The average Bonchev–Trinajstić information content (AvgIpc) is 2.12. The molecule has 1 heterocycles. The summed E-state index contributed by atoms with van der Waals surface area (Å²) >= 11 is 0. The molecule has 78 valence electrons. The minimum Gasteiger partial charge on any atom is -0.368 e. The highest BCUT2D eigenvalue weighted by molar-refractivity contribution is 5.36. The van der Waals surface area contributed by atoms with E-state index in [0.29, 0.717) is 5.95 Å². The van der Waals surface area contributed by atoms with Gasteiger partial charge in [0.15, 0.2) is 0 Å². The maximum Gasteiger partial charge on any atom is 0.244 e. The fraction of sp³-hybridized carbons (Fsp3) is 0.571. The van der Waals surface area contributed by atoms with Gasteiger partial charge in [0.25, 0.3) is 0 Å². The number of anilines is 3. The van der Waals surface area contributed by atoms with Gasteiger partial charge >= 0.3 is 0 Å². The standard InChI is InChI=1S/C7H15N7/c1-3-14(4-2)13-7-11-5(8)10-6(9)12-7/h3-4H2,1-2H3,(H5,8,9,10,11,12,13). The van der Waals surface area contributed by atoms with Crippen LogP contribution in [0.2, 0.25) is 0 Å². The highest BCUT2D eigenvalue weighted by Crippen LogP contribution is 2.04. The number of nitrogens with two attached hydrogens (primary N) is 2. The summed E-state index contributed by atoms with van der Waals surface area (Å²) < 4.78 is 0. The molecule has 0 unspecified atom stereocenters. The fourth-order valence-corrected chi connectivity index (χ4v) is 0.983. The van der Waals surface area contributed by atoms with Crippen molar-refractivity contribution in [1.29, 1.82) is 0 Å². The third-order valence-electron chi connectivity index (χ3n) is 1.69. The van der Waals surface area contributed by atoms with Crippen LogP contribution in [-0.2, 0) is 0 Å². The Labute approximate surface area is 82.5 Å². The molecule has 0 bridgehead atoms. The van der Waals surface area contributed by atoms with Crippen LogP contribution < -0.4 is 16.9 Å². The lowest BCUT2D eigenvalue weighted by molar-refractivity contribution is 0.363. The zero-order valence-electron chi connectivity index (χ0n) is 8.36. The van der Waals surface area contributed by atoms with Gasteiger partial charge in [-0.2, -0.15) is 15.0 Å². The summed E-state index contributed by atoms with van der Waals surface area (Å²) in [5, 5.41) is 1.92. The second kappa shape index (κ2) is 4.56. The van der Waals surface area contributed by atoms with E-state index in [-0.39, 0.29) is 11.9 Å². The van der Waals surface area contributed by atoms with Crippen LogP contribution in [0.4, 0.5) is 17.8 Å². The first kappa shape index (κ1) is 10.5. The quantitative estimate of drug-likeness (QED) is 0.569. The molecule has 0 aromatic carbocycles. The summed E-state index contributed by atoms with van der Waals surface area (Å²) in [4.78, 5) is 11.5. The van der Waals surface area contributed by atoms with Crippen LogP contribution in [0.25, 0.3) is 0 Å². The molecule has 0 aliphatic carbocycles. The van der Waals surface area contributed by atoms with Crippen LogP contribution in [0.1, 0.15) is 13.8 Å². The van der Waals surface area contributed by atoms with Gasteiger partial charge in [0.1, 0.15) is 0 Å². The summed E-state index contributed by atoms with van der Waals surface area (Å²) in [6.45, 7) is 5.71. The molecule has 1 rings (SSSR count). The van der Waals surface area contributed by atoms with Gasteiger partial charge < -0.3 is 11.5 Å². The Kier molecular flexibility index (Phi) is 3.41. The van der Waals surface area contributed by atoms with Crippen LogP contribution in [-0.4, -0.2) is 33.1 Å². The molecule has 7 heteroatoms. The third kappa shape index (κ3) is 2.70. The Morgan fingerprint density at radius 3 is 2.00 bits per heavy atom. The molecule has 0 fully saturated rings. The molecule has 0 radical (unpaired) electrons. The van der Waals surface area contributed by atoms with Gasteiger partial charge in [-0.15, -0.1) is 0 Å². The van der Waals surface area contributed by atoms with Crippen LogP contribution in [0.15, 0.2) is 0 Å². The summed E-state index contributed by atoms with van der Waals surface area (Å²) in [7, 11) is 0. The Bertz CT molecular complexity index is 276. The van der Waals surface area contributed by atoms with Crippen LogP contribution in [0, 0.1) is 0 Å². The number of hydrazine groups is 1. The molecule has 5 N–H and O–H groups in total. The average molecular weight is 197 g/mol. The Balaban J connectivity index is 2.75. The van der Waals surface area contributed by atoms with Crippen LogP contribution in [0.5, 0.6) is 0 Å². The van der Waals surface area contributed by atoms with Crippen molar-refractivity contribution in [3.63, 3.8) is 0 Å². The third-order valence-corrected chi connectivity index (χ3v) is 1.69. The van der Waals surface area contributed by atoms with E-state index in [9.17, 15) is 0 Å². The molecule has 0 aliphatic heterocycles. The van der Waals surface area contributed by atoms with Crippen molar-refractivity contribution < 1.29 is 0 Å². The molecule has 14 heavy (non-hydrogen) atoms. The van der Waals surface area contributed by atoms with E-state index in [1.165, 1.54) is 0 Å². The first-order chi connectivity index (χ1) is 6.65. The molecule has 1 aromatic heterocycles. The number of rotatable bonds is 4. The van der Waals surface area contributed by atoms with E-state index in [1.54, 1.807) is 0 Å². The molecule has 0 spiro atoms. The van der Waals surface area contributed by atoms with E-state index in [0.717, 1.165) is 13.1 Å². The van der Waals surface area contributed by atoms with Gasteiger partial charge in [-0.3, -0.25) is 5.43 Å². The summed E-state index contributed by atoms with van der Waals surface area (Å²) in [5.41, 5.74) is 13.8. The normalized spacial score (nSPS) is 10.5. The van der Waals surface area contributed by atoms with Crippen molar-refractivity contribution in [2.45, 2.75) is 13.8 Å².